The Balaban J connectivity index is 0.00000200. The van der Waals surface area contributed by atoms with Crippen molar-refractivity contribution in [3.05, 3.63) is 35.9 Å². The number of nitrogens with one attached hydrogen (secondary N) is 1. The third-order valence-corrected chi connectivity index (χ3v) is 3.51. The summed E-state index contributed by atoms with van der Waals surface area (Å²) in [7, 11) is 1.89. The first kappa shape index (κ1) is 16.8. The van der Waals surface area contributed by atoms with Crippen molar-refractivity contribution in [2.24, 2.45) is 0 Å². The number of halogens is 1. The quantitative estimate of drug-likeness (QED) is 0.892. The summed E-state index contributed by atoms with van der Waals surface area (Å²) in [5.41, 5.74) is 1.10. The smallest absolute Gasteiger partial charge is 0.407 e. The summed E-state index contributed by atoms with van der Waals surface area (Å²) < 4.78 is 5.89. The van der Waals surface area contributed by atoms with E-state index in [1.807, 2.05) is 37.4 Å². The van der Waals surface area contributed by atoms with Crippen molar-refractivity contribution < 1.29 is 14.6 Å². The van der Waals surface area contributed by atoms with Gasteiger partial charge in [0, 0.05) is 12.6 Å². The minimum absolute atomic E-state index is 0. The van der Waals surface area contributed by atoms with Crippen LogP contribution in [0.5, 0.6) is 0 Å². The first-order valence-corrected chi connectivity index (χ1v) is 6.51. The van der Waals surface area contributed by atoms with Gasteiger partial charge in [-0.2, -0.15) is 0 Å². The van der Waals surface area contributed by atoms with Crippen molar-refractivity contribution in [2.45, 2.75) is 25.2 Å². The molecule has 6 heteroatoms. The molecule has 20 heavy (non-hydrogen) atoms. The fourth-order valence-electron chi connectivity index (χ4n) is 2.37. The first-order chi connectivity index (χ1) is 9.20. The highest BCUT2D eigenvalue weighted by Crippen LogP contribution is 2.16. The zero-order valence-electron chi connectivity index (χ0n) is 11.5. The van der Waals surface area contributed by atoms with Crippen molar-refractivity contribution in [3.8, 4) is 0 Å². The molecule has 1 fully saturated rings. The summed E-state index contributed by atoms with van der Waals surface area (Å²) in [5, 5.41) is 12.3. The number of hydrogen-bond donors (Lipinski definition) is 2. The second-order valence-electron chi connectivity index (χ2n) is 4.75. The third-order valence-electron chi connectivity index (χ3n) is 3.51. The molecule has 1 heterocycles. The van der Waals surface area contributed by atoms with Gasteiger partial charge in [0.05, 0.1) is 19.3 Å². The molecule has 0 saturated carbocycles. The standard InChI is InChI=1S/C14H20N2O3.ClH/c1-15-12-7-8-16(14(17)18)9-13(12)19-10-11-5-3-2-4-6-11;/h2-6,12-13,15H,7-10H2,1H3,(H,17,18);1H. The molecule has 0 aliphatic carbocycles. The molecule has 1 aromatic carbocycles. The van der Waals surface area contributed by atoms with Gasteiger partial charge in [-0.15, -0.1) is 12.4 Å². The molecule has 5 nitrogen and oxygen atoms in total. The average Bonchev–Trinajstić information content (AvgIpc) is 2.45. The summed E-state index contributed by atoms with van der Waals surface area (Å²) in [5.74, 6) is 0. The van der Waals surface area contributed by atoms with Crippen LogP contribution in [0.4, 0.5) is 4.79 Å². The molecule has 0 spiro atoms. The number of likely N-dealkylation sites (tertiary alicyclic amines) is 1. The highest BCUT2D eigenvalue weighted by Gasteiger charge is 2.31. The van der Waals surface area contributed by atoms with Gasteiger partial charge in [0.2, 0.25) is 0 Å². The van der Waals surface area contributed by atoms with Gasteiger partial charge in [-0.1, -0.05) is 30.3 Å². The summed E-state index contributed by atoms with van der Waals surface area (Å²) in [6.07, 6.45) is -0.194. The molecule has 2 N–H and O–H groups in total. The van der Waals surface area contributed by atoms with Crippen LogP contribution >= 0.6 is 12.4 Å². The fourth-order valence-corrected chi connectivity index (χ4v) is 2.37. The van der Waals surface area contributed by atoms with E-state index in [4.69, 9.17) is 9.84 Å². The summed E-state index contributed by atoms with van der Waals surface area (Å²) in [6, 6.07) is 10.1. The molecule has 1 aromatic rings. The number of amides is 1. The number of piperidine rings is 1. The number of rotatable bonds is 4. The van der Waals surface area contributed by atoms with Gasteiger partial charge < -0.3 is 20.1 Å². The van der Waals surface area contributed by atoms with E-state index in [1.54, 1.807) is 0 Å². The molecule has 1 aliphatic rings. The molecular weight excluding hydrogens is 280 g/mol. The number of carboxylic acid groups (broad SMARTS) is 1. The van der Waals surface area contributed by atoms with E-state index in [0.717, 1.165) is 12.0 Å². The van der Waals surface area contributed by atoms with Crippen LogP contribution in [0.3, 0.4) is 0 Å². The number of hydrogen-bond acceptors (Lipinski definition) is 3. The van der Waals surface area contributed by atoms with Crippen molar-refractivity contribution in [1.29, 1.82) is 0 Å². The molecule has 1 aliphatic heterocycles. The van der Waals surface area contributed by atoms with Crippen LogP contribution in [0.1, 0.15) is 12.0 Å². The third kappa shape index (κ3) is 4.37. The largest absolute Gasteiger partial charge is 0.465 e. The molecule has 0 radical (unpaired) electrons. The summed E-state index contributed by atoms with van der Waals surface area (Å²) in [6.45, 7) is 1.50. The number of nitrogens with zero attached hydrogens (tertiary/aromatic N) is 1. The Morgan fingerprint density at radius 3 is 2.75 bits per heavy atom. The molecule has 0 bridgehead atoms. The van der Waals surface area contributed by atoms with Crippen LogP contribution < -0.4 is 5.32 Å². The van der Waals surface area contributed by atoms with Gasteiger partial charge >= 0.3 is 6.09 Å². The van der Waals surface area contributed by atoms with E-state index in [-0.39, 0.29) is 24.6 Å². The topological polar surface area (TPSA) is 61.8 Å². The minimum atomic E-state index is -0.872. The van der Waals surface area contributed by atoms with Gasteiger partial charge in [-0.05, 0) is 19.0 Å². The van der Waals surface area contributed by atoms with Crippen molar-refractivity contribution in [3.63, 3.8) is 0 Å². The Labute approximate surface area is 125 Å². The highest BCUT2D eigenvalue weighted by molar-refractivity contribution is 5.85. The van der Waals surface area contributed by atoms with Gasteiger partial charge in [0.1, 0.15) is 0 Å². The monoisotopic (exact) mass is 300 g/mol. The normalized spacial score (nSPS) is 22.1. The summed E-state index contributed by atoms with van der Waals surface area (Å²) in [4.78, 5) is 12.4. The maximum absolute atomic E-state index is 11.0. The van der Waals surface area contributed by atoms with E-state index < -0.39 is 6.09 Å². The molecule has 2 atom stereocenters. The molecule has 2 rings (SSSR count). The number of likely N-dealkylation sites (N-methyl/N-ethyl adjacent to an activating group) is 1. The zero-order chi connectivity index (χ0) is 13.7. The summed E-state index contributed by atoms with van der Waals surface area (Å²) >= 11 is 0. The lowest BCUT2D eigenvalue weighted by Crippen LogP contribution is -2.54. The second kappa shape index (κ2) is 8.09. The van der Waals surface area contributed by atoms with Crippen LogP contribution in [-0.2, 0) is 11.3 Å². The van der Waals surface area contributed by atoms with E-state index in [2.05, 4.69) is 5.32 Å². The SMILES string of the molecule is CNC1CCN(C(=O)O)CC1OCc1ccccc1.Cl. The first-order valence-electron chi connectivity index (χ1n) is 6.51. The Morgan fingerprint density at radius 1 is 1.45 bits per heavy atom. The molecule has 1 saturated heterocycles. The van der Waals surface area contributed by atoms with Crippen LogP contribution in [0.15, 0.2) is 30.3 Å². The van der Waals surface area contributed by atoms with Crippen molar-refractivity contribution >= 4 is 18.5 Å². The molecule has 0 aromatic heterocycles. The zero-order valence-corrected chi connectivity index (χ0v) is 12.3. The Kier molecular flexibility index (Phi) is 6.78. The maximum atomic E-state index is 11.0. The number of carbonyl (C=O) groups is 1. The minimum Gasteiger partial charge on any atom is -0.465 e. The lowest BCUT2D eigenvalue weighted by Gasteiger charge is -2.36. The van der Waals surface area contributed by atoms with Crippen LogP contribution in [0, 0.1) is 0 Å². The molecule has 112 valence electrons. The predicted octanol–water partition coefficient (Wildman–Crippen LogP) is 1.97. The number of ether oxygens (including phenoxy) is 1. The number of benzene rings is 1. The van der Waals surface area contributed by atoms with E-state index >= 15 is 0 Å². The molecule has 2 unspecified atom stereocenters. The Bertz CT molecular complexity index is 416. The van der Waals surface area contributed by atoms with Gasteiger partial charge in [0.15, 0.2) is 0 Å². The maximum Gasteiger partial charge on any atom is 0.407 e. The van der Waals surface area contributed by atoms with Crippen molar-refractivity contribution in [1.82, 2.24) is 10.2 Å². The van der Waals surface area contributed by atoms with Crippen LogP contribution in [0.2, 0.25) is 0 Å². The Morgan fingerprint density at radius 2 is 2.15 bits per heavy atom. The lowest BCUT2D eigenvalue weighted by molar-refractivity contribution is -0.0248. The highest BCUT2D eigenvalue weighted by atomic mass is 35.5. The molecule has 1 amide bonds. The molecular formula is C14H21ClN2O3. The van der Waals surface area contributed by atoms with Crippen molar-refractivity contribution in [2.75, 3.05) is 20.1 Å². The van der Waals surface area contributed by atoms with Crippen LogP contribution in [-0.4, -0.2) is 48.4 Å². The van der Waals surface area contributed by atoms with E-state index in [1.165, 1.54) is 4.90 Å². The van der Waals surface area contributed by atoms with Gasteiger partial charge in [0.25, 0.3) is 0 Å². The Hall–Kier alpha value is -1.30. The van der Waals surface area contributed by atoms with E-state index in [0.29, 0.717) is 19.7 Å². The van der Waals surface area contributed by atoms with Gasteiger partial charge in [-0.25, -0.2) is 4.79 Å². The fraction of sp³-hybridized carbons (Fsp3) is 0.500. The second-order valence-corrected chi connectivity index (χ2v) is 4.75. The van der Waals surface area contributed by atoms with E-state index in [9.17, 15) is 4.79 Å². The average molecular weight is 301 g/mol. The van der Waals surface area contributed by atoms with Gasteiger partial charge in [-0.3, -0.25) is 0 Å². The predicted molar refractivity (Wildman–Crippen MR) is 79.3 cm³/mol. The van der Waals surface area contributed by atoms with Crippen LogP contribution in [0.25, 0.3) is 0 Å². The lowest BCUT2D eigenvalue weighted by atomic mass is 10.0.